The average Bonchev–Trinajstić information content (AvgIpc) is 2.49. The van der Waals surface area contributed by atoms with Crippen molar-refractivity contribution in [2.24, 2.45) is 0 Å². The fraction of sp³-hybridized carbons (Fsp3) is 0.125. The highest BCUT2D eigenvalue weighted by Gasteiger charge is 2.14. The maximum atomic E-state index is 6.22. The quantitative estimate of drug-likeness (QED) is 0.884. The molecule has 0 fully saturated rings. The Bertz CT molecular complexity index is 635. The van der Waals surface area contributed by atoms with Crippen LogP contribution in [0.15, 0.2) is 54.6 Å². The topological polar surface area (TPSA) is 15.3 Å². The van der Waals surface area contributed by atoms with Crippen molar-refractivity contribution < 1.29 is 0 Å². The van der Waals surface area contributed by atoms with Gasteiger partial charge in [-0.25, -0.2) is 0 Å². The summed E-state index contributed by atoms with van der Waals surface area (Å²) in [5, 5.41) is 4.93. The highest BCUT2D eigenvalue weighted by molar-refractivity contribution is 6.32. The molecule has 2 aromatic carbocycles. The smallest absolute Gasteiger partial charge is 0.0879 e. The summed E-state index contributed by atoms with van der Waals surface area (Å²) in [6.45, 7) is 1.59. The summed E-state index contributed by atoms with van der Waals surface area (Å²) >= 11 is 12.1. The molecule has 1 N–H and O–H groups in total. The molecule has 1 aliphatic rings. The van der Waals surface area contributed by atoms with Gasteiger partial charge in [0.1, 0.15) is 0 Å². The van der Waals surface area contributed by atoms with Crippen LogP contribution in [0.2, 0.25) is 10.0 Å². The summed E-state index contributed by atoms with van der Waals surface area (Å²) in [5.74, 6) is 0. The Morgan fingerprint density at radius 2 is 1.70 bits per heavy atom. The summed E-state index contributed by atoms with van der Waals surface area (Å²) in [6.07, 6.45) is 2.15. The molecule has 0 aliphatic carbocycles. The number of nitrogens with one attached hydrogen (secondary N) is 1. The second kappa shape index (κ2) is 5.78. The van der Waals surface area contributed by atoms with Crippen LogP contribution in [0.1, 0.15) is 5.56 Å². The number of benzene rings is 2. The van der Waals surface area contributed by atoms with E-state index in [2.05, 4.69) is 16.3 Å². The van der Waals surface area contributed by atoms with Crippen molar-refractivity contribution in [2.45, 2.75) is 0 Å². The number of rotatable bonds is 2. The lowest BCUT2D eigenvalue weighted by molar-refractivity contribution is 0.765. The standard InChI is InChI=1S/C16H14Cl2N2/c17-12-5-7-13(8-6-12)20-10-9-16(19-11-20)14-3-1-2-4-15(14)18/h1-9,19H,10-11H2. The molecule has 102 valence electrons. The molecular formula is C16H14Cl2N2. The van der Waals surface area contributed by atoms with Crippen molar-refractivity contribution in [2.75, 3.05) is 18.1 Å². The van der Waals surface area contributed by atoms with Crippen LogP contribution < -0.4 is 10.2 Å². The molecule has 0 radical (unpaired) electrons. The van der Waals surface area contributed by atoms with Crippen LogP contribution in [0.25, 0.3) is 5.70 Å². The molecule has 0 atom stereocenters. The van der Waals surface area contributed by atoms with Gasteiger partial charge in [-0.15, -0.1) is 0 Å². The molecule has 4 heteroatoms. The van der Waals surface area contributed by atoms with Crippen molar-refractivity contribution in [3.8, 4) is 0 Å². The minimum atomic E-state index is 0.749. The van der Waals surface area contributed by atoms with Gasteiger partial charge in [-0.2, -0.15) is 0 Å². The summed E-state index contributed by atoms with van der Waals surface area (Å²) in [6, 6.07) is 15.7. The molecule has 1 aliphatic heterocycles. The van der Waals surface area contributed by atoms with Gasteiger partial charge in [0.25, 0.3) is 0 Å². The van der Waals surface area contributed by atoms with Gasteiger partial charge < -0.3 is 10.2 Å². The predicted octanol–water partition coefficient (Wildman–Crippen LogP) is 4.40. The fourth-order valence-corrected chi connectivity index (χ4v) is 2.62. The molecule has 0 spiro atoms. The highest BCUT2D eigenvalue weighted by atomic mass is 35.5. The van der Waals surface area contributed by atoms with Crippen molar-refractivity contribution in [3.05, 3.63) is 70.2 Å². The molecular weight excluding hydrogens is 291 g/mol. The lowest BCUT2D eigenvalue weighted by atomic mass is 10.1. The van der Waals surface area contributed by atoms with E-state index in [4.69, 9.17) is 23.2 Å². The number of hydrogen-bond donors (Lipinski definition) is 1. The summed E-state index contributed by atoms with van der Waals surface area (Å²) < 4.78 is 0. The third-order valence-electron chi connectivity index (χ3n) is 3.33. The van der Waals surface area contributed by atoms with Crippen molar-refractivity contribution in [1.29, 1.82) is 0 Å². The van der Waals surface area contributed by atoms with Gasteiger partial charge in [-0.1, -0.05) is 41.4 Å². The fourth-order valence-electron chi connectivity index (χ4n) is 2.25. The van der Waals surface area contributed by atoms with Crippen LogP contribution in [0, 0.1) is 0 Å². The minimum Gasteiger partial charge on any atom is -0.367 e. The third-order valence-corrected chi connectivity index (χ3v) is 3.91. The van der Waals surface area contributed by atoms with E-state index in [-0.39, 0.29) is 0 Å². The number of nitrogens with zero attached hydrogens (tertiary/aromatic N) is 1. The molecule has 2 aromatic rings. The molecule has 0 amide bonds. The van der Waals surface area contributed by atoms with E-state index in [1.165, 1.54) is 0 Å². The first-order chi connectivity index (χ1) is 9.74. The maximum absolute atomic E-state index is 6.22. The Morgan fingerprint density at radius 3 is 2.35 bits per heavy atom. The van der Waals surface area contributed by atoms with Gasteiger partial charge in [0.15, 0.2) is 0 Å². The molecule has 3 rings (SSSR count). The first kappa shape index (κ1) is 13.3. The van der Waals surface area contributed by atoms with Gasteiger partial charge in [0.05, 0.1) is 6.67 Å². The van der Waals surface area contributed by atoms with E-state index in [0.29, 0.717) is 0 Å². The zero-order chi connectivity index (χ0) is 13.9. The molecule has 0 saturated heterocycles. The predicted molar refractivity (Wildman–Crippen MR) is 86.2 cm³/mol. The van der Waals surface area contributed by atoms with Gasteiger partial charge in [0.2, 0.25) is 0 Å². The first-order valence-corrected chi connectivity index (χ1v) is 7.19. The van der Waals surface area contributed by atoms with Crippen LogP contribution >= 0.6 is 23.2 Å². The average molecular weight is 305 g/mol. The van der Waals surface area contributed by atoms with Gasteiger partial charge in [-0.3, -0.25) is 0 Å². The third kappa shape index (κ3) is 2.77. The van der Waals surface area contributed by atoms with Crippen LogP contribution in [0.3, 0.4) is 0 Å². The van der Waals surface area contributed by atoms with Crippen LogP contribution in [0.5, 0.6) is 0 Å². The van der Waals surface area contributed by atoms with Crippen LogP contribution in [-0.4, -0.2) is 13.2 Å². The van der Waals surface area contributed by atoms with E-state index in [9.17, 15) is 0 Å². The Kier molecular flexibility index (Phi) is 3.86. The van der Waals surface area contributed by atoms with E-state index in [1.54, 1.807) is 0 Å². The lowest BCUT2D eigenvalue weighted by Crippen LogP contribution is -2.37. The van der Waals surface area contributed by atoms with Gasteiger partial charge in [0, 0.05) is 33.5 Å². The number of anilines is 1. The lowest BCUT2D eigenvalue weighted by Gasteiger charge is -2.30. The summed E-state index contributed by atoms with van der Waals surface area (Å²) in [4.78, 5) is 2.23. The Labute approximate surface area is 128 Å². The van der Waals surface area contributed by atoms with Crippen molar-refractivity contribution in [3.63, 3.8) is 0 Å². The Hall–Kier alpha value is -1.64. The van der Waals surface area contributed by atoms with E-state index in [0.717, 1.165) is 40.2 Å². The molecule has 0 unspecified atom stereocenters. The van der Waals surface area contributed by atoms with E-state index in [1.807, 2.05) is 48.5 Å². The second-order valence-electron chi connectivity index (χ2n) is 4.63. The summed E-state index contributed by atoms with van der Waals surface area (Å²) in [5.41, 5.74) is 3.28. The first-order valence-electron chi connectivity index (χ1n) is 6.43. The van der Waals surface area contributed by atoms with E-state index >= 15 is 0 Å². The van der Waals surface area contributed by atoms with Crippen molar-refractivity contribution in [1.82, 2.24) is 5.32 Å². The largest absolute Gasteiger partial charge is 0.367 e. The molecule has 1 heterocycles. The molecule has 0 bridgehead atoms. The second-order valence-corrected chi connectivity index (χ2v) is 5.47. The minimum absolute atomic E-state index is 0.749. The number of hydrogen-bond acceptors (Lipinski definition) is 2. The molecule has 0 saturated carbocycles. The Morgan fingerprint density at radius 1 is 0.950 bits per heavy atom. The van der Waals surface area contributed by atoms with Gasteiger partial charge >= 0.3 is 0 Å². The van der Waals surface area contributed by atoms with Crippen molar-refractivity contribution >= 4 is 34.6 Å². The van der Waals surface area contributed by atoms with Crippen LogP contribution in [0.4, 0.5) is 5.69 Å². The van der Waals surface area contributed by atoms with Gasteiger partial charge in [-0.05, 0) is 36.4 Å². The SMILES string of the molecule is Clc1ccc(N2CC=C(c3ccccc3Cl)NC2)cc1. The monoisotopic (exact) mass is 304 g/mol. The normalized spacial score (nSPS) is 14.7. The number of halogens is 2. The maximum Gasteiger partial charge on any atom is 0.0879 e. The Balaban J connectivity index is 1.78. The zero-order valence-electron chi connectivity index (χ0n) is 10.8. The highest BCUT2D eigenvalue weighted by Crippen LogP contribution is 2.25. The zero-order valence-corrected chi connectivity index (χ0v) is 12.3. The molecule has 2 nitrogen and oxygen atoms in total. The summed E-state index contributed by atoms with van der Waals surface area (Å²) in [7, 11) is 0. The van der Waals surface area contributed by atoms with E-state index < -0.39 is 0 Å². The van der Waals surface area contributed by atoms with Crippen LogP contribution in [-0.2, 0) is 0 Å². The molecule has 0 aromatic heterocycles. The molecule has 20 heavy (non-hydrogen) atoms.